The number of benzene rings is 3. The van der Waals surface area contributed by atoms with Gasteiger partial charge in [0, 0.05) is 10.6 Å². The number of nitrogens with zero attached hydrogens (tertiary/aromatic N) is 1. The first kappa shape index (κ1) is 25.4. The van der Waals surface area contributed by atoms with Gasteiger partial charge in [0.2, 0.25) is 0 Å². The van der Waals surface area contributed by atoms with E-state index < -0.39 is 12.2 Å². The Bertz CT molecular complexity index is 1270. The van der Waals surface area contributed by atoms with Gasteiger partial charge in [-0.15, -0.1) is 0 Å². The van der Waals surface area contributed by atoms with Gasteiger partial charge in [0.15, 0.2) is 11.5 Å². The van der Waals surface area contributed by atoms with E-state index in [1.54, 1.807) is 42.3 Å². The summed E-state index contributed by atoms with van der Waals surface area (Å²) in [6.45, 7) is 2.26. The van der Waals surface area contributed by atoms with E-state index >= 15 is 0 Å². The highest BCUT2D eigenvalue weighted by Gasteiger charge is 2.40. The van der Waals surface area contributed by atoms with E-state index in [-0.39, 0.29) is 18.4 Å². The maximum Gasteiger partial charge on any atom is 0.411 e. The molecule has 186 valence electrons. The molecule has 4 rings (SSSR count). The first-order valence-corrected chi connectivity index (χ1v) is 11.9. The lowest BCUT2D eigenvalue weighted by molar-refractivity contribution is -0.139. The molecule has 0 unspecified atom stereocenters. The molecule has 0 saturated carbocycles. The highest BCUT2D eigenvalue weighted by atomic mass is 35.5. The Kier molecular flexibility index (Phi) is 7.74. The molecule has 1 aliphatic heterocycles. The van der Waals surface area contributed by atoms with Crippen LogP contribution < -0.4 is 14.9 Å². The number of cyclic esters (lactones) is 1. The van der Waals surface area contributed by atoms with Gasteiger partial charge in [-0.25, -0.2) is 4.79 Å². The third-order valence-electron chi connectivity index (χ3n) is 6.17. The monoisotopic (exact) mass is 507 g/mol. The van der Waals surface area contributed by atoms with Gasteiger partial charge in [0.25, 0.3) is 0 Å². The van der Waals surface area contributed by atoms with Crippen LogP contribution in [-0.4, -0.2) is 45.1 Å². The Morgan fingerprint density at radius 3 is 2.44 bits per heavy atom. The number of ether oxygens (including phenoxy) is 4. The molecule has 1 saturated heterocycles. The Morgan fingerprint density at radius 1 is 1.03 bits per heavy atom. The van der Waals surface area contributed by atoms with Crippen molar-refractivity contribution in [1.29, 1.82) is 0 Å². The van der Waals surface area contributed by atoms with E-state index in [9.17, 15) is 9.59 Å². The second-order valence-electron chi connectivity index (χ2n) is 8.68. The predicted octanol–water partition coefficient (Wildman–Crippen LogP) is 4.20. The maximum absolute atomic E-state index is 12.8. The molecule has 9 heteroatoms. The van der Waals surface area contributed by atoms with Crippen LogP contribution in [0.3, 0.4) is 0 Å². The van der Waals surface area contributed by atoms with Crippen molar-refractivity contribution in [1.82, 2.24) is 4.90 Å². The molecule has 0 bridgehead atoms. The van der Waals surface area contributed by atoms with Gasteiger partial charge < -0.3 is 18.9 Å². The average molecular weight is 508 g/mol. The number of amides is 1. The van der Waals surface area contributed by atoms with Crippen molar-refractivity contribution < 1.29 is 28.5 Å². The van der Waals surface area contributed by atoms with Crippen LogP contribution in [0.5, 0.6) is 17.2 Å². The first-order valence-electron chi connectivity index (χ1n) is 11.5. The van der Waals surface area contributed by atoms with Gasteiger partial charge >= 0.3 is 12.1 Å². The van der Waals surface area contributed by atoms with Crippen LogP contribution in [-0.2, 0) is 27.2 Å². The second kappa shape index (κ2) is 11.0. The number of esters is 1. The summed E-state index contributed by atoms with van der Waals surface area (Å²) in [5.41, 5.74) is 3.46. The van der Waals surface area contributed by atoms with Crippen molar-refractivity contribution in [3.63, 3.8) is 0 Å². The molecule has 0 aromatic heterocycles. The summed E-state index contributed by atoms with van der Waals surface area (Å²) in [6.07, 6.45) is -0.688. The zero-order chi connectivity index (χ0) is 25.8. The van der Waals surface area contributed by atoms with Crippen molar-refractivity contribution in [3.05, 3.63) is 82.4 Å². The number of hydrogen-bond donors (Lipinski definition) is 0. The summed E-state index contributed by atoms with van der Waals surface area (Å²) < 4.78 is 22.2. The van der Waals surface area contributed by atoms with Gasteiger partial charge in [-0.05, 0) is 48.4 Å². The van der Waals surface area contributed by atoms with Crippen molar-refractivity contribution in [2.45, 2.75) is 32.0 Å². The minimum Gasteiger partial charge on any atom is -0.493 e. The summed E-state index contributed by atoms with van der Waals surface area (Å²) in [5, 5.41) is 0.625. The predicted molar refractivity (Wildman–Crippen MR) is 139 cm³/mol. The standard InChI is InChI=1S/C27H27BClNO6/c1-16-26(18-5-8-21(29)9-6-18)36-27(32)30(16)15-19-14-20(28)7-11-22(19)35-24-12-17(13-25(31)34-3)4-10-23(24)33-2/h4-12,14,16,26H,13,15,28H2,1-3H3/t16-,26-/m1/s1. The van der Waals surface area contributed by atoms with Crippen LogP contribution in [0.4, 0.5) is 4.79 Å². The SMILES string of the molecule is Bc1ccc(Oc2cc(CC(=O)OC)ccc2OC)c(CN2C(=O)O[C@@H](c3ccc(Cl)cc3)[C@H]2C)c1. The van der Waals surface area contributed by atoms with Crippen LogP contribution in [0.2, 0.25) is 5.02 Å². The molecule has 7 nitrogen and oxygen atoms in total. The van der Waals surface area contributed by atoms with Gasteiger partial charge in [0.1, 0.15) is 19.7 Å². The Balaban J connectivity index is 1.60. The van der Waals surface area contributed by atoms with E-state index in [1.807, 2.05) is 45.1 Å². The molecule has 3 aromatic rings. The number of carbonyl (C=O) groups is 2. The fraction of sp³-hybridized carbons (Fsp3) is 0.259. The third-order valence-corrected chi connectivity index (χ3v) is 6.42. The molecule has 1 aliphatic rings. The average Bonchev–Trinajstić information content (AvgIpc) is 3.14. The molecule has 2 atom stereocenters. The molecular formula is C27H27BClNO6. The van der Waals surface area contributed by atoms with Crippen molar-refractivity contribution >= 4 is 37.0 Å². The van der Waals surface area contributed by atoms with E-state index in [0.717, 1.165) is 22.2 Å². The number of methoxy groups -OCH3 is 2. The maximum atomic E-state index is 12.8. The van der Waals surface area contributed by atoms with Gasteiger partial charge in [-0.3, -0.25) is 9.69 Å². The lowest BCUT2D eigenvalue weighted by atomic mass is 9.93. The molecule has 0 N–H and O–H groups in total. The van der Waals surface area contributed by atoms with Crippen molar-refractivity contribution in [2.75, 3.05) is 14.2 Å². The van der Waals surface area contributed by atoms with E-state index in [4.69, 9.17) is 30.5 Å². The Labute approximate surface area is 216 Å². The van der Waals surface area contributed by atoms with Crippen molar-refractivity contribution in [3.8, 4) is 17.2 Å². The largest absolute Gasteiger partial charge is 0.493 e. The fourth-order valence-corrected chi connectivity index (χ4v) is 4.32. The number of hydrogen-bond acceptors (Lipinski definition) is 6. The highest BCUT2D eigenvalue weighted by molar-refractivity contribution is 6.32. The number of halogens is 1. The number of carbonyl (C=O) groups excluding carboxylic acids is 2. The van der Waals surface area contributed by atoms with Crippen LogP contribution in [0.25, 0.3) is 0 Å². The molecule has 0 spiro atoms. The quantitative estimate of drug-likeness (QED) is 0.336. The topological polar surface area (TPSA) is 74.3 Å². The first-order chi connectivity index (χ1) is 17.3. The van der Waals surface area contributed by atoms with Gasteiger partial charge in [0.05, 0.1) is 33.2 Å². The van der Waals surface area contributed by atoms with Crippen LogP contribution in [0, 0.1) is 0 Å². The lowest BCUT2D eigenvalue weighted by Crippen LogP contribution is -2.31. The fourth-order valence-electron chi connectivity index (χ4n) is 4.20. The van der Waals surface area contributed by atoms with Crippen molar-refractivity contribution in [2.24, 2.45) is 0 Å². The van der Waals surface area contributed by atoms with E-state index in [0.29, 0.717) is 28.8 Å². The Hall–Kier alpha value is -3.65. The number of rotatable bonds is 8. The summed E-state index contributed by atoms with van der Waals surface area (Å²) in [4.78, 5) is 26.3. The minimum absolute atomic E-state index is 0.112. The molecule has 1 fully saturated rings. The summed E-state index contributed by atoms with van der Waals surface area (Å²) in [6, 6.07) is 18.2. The van der Waals surface area contributed by atoms with Crippen LogP contribution in [0.15, 0.2) is 60.7 Å². The third kappa shape index (κ3) is 5.60. The molecular weight excluding hydrogens is 481 g/mol. The molecule has 36 heavy (non-hydrogen) atoms. The molecule has 0 radical (unpaired) electrons. The highest BCUT2D eigenvalue weighted by Crippen LogP contribution is 2.37. The van der Waals surface area contributed by atoms with Gasteiger partial charge in [-0.2, -0.15) is 0 Å². The van der Waals surface area contributed by atoms with Crippen LogP contribution >= 0.6 is 11.6 Å². The summed E-state index contributed by atoms with van der Waals surface area (Å²) >= 11 is 6.02. The van der Waals surface area contributed by atoms with Gasteiger partial charge in [-0.1, -0.05) is 47.4 Å². The normalized spacial score (nSPS) is 17.0. The summed E-state index contributed by atoms with van der Waals surface area (Å²) in [7, 11) is 4.88. The smallest absolute Gasteiger partial charge is 0.411 e. The van der Waals surface area contributed by atoms with Crippen LogP contribution in [0.1, 0.15) is 29.7 Å². The molecule has 1 heterocycles. The minimum atomic E-state index is -0.404. The lowest BCUT2D eigenvalue weighted by Gasteiger charge is -2.23. The van der Waals surface area contributed by atoms with E-state index in [1.165, 1.54) is 7.11 Å². The second-order valence-corrected chi connectivity index (χ2v) is 9.11. The molecule has 3 aromatic carbocycles. The molecule has 1 amide bonds. The molecule has 0 aliphatic carbocycles. The Morgan fingerprint density at radius 2 is 1.75 bits per heavy atom. The zero-order valence-corrected chi connectivity index (χ0v) is 21.4. The zero-order valence-electron chi connectivity index (χ0n) is 20.6. The summed E-state index contributed by atoms with van der Waals surface area (Å²) in [5.74, 6) is 1.20. The van der Waals surface area contributed by atoms with E-state index in [2.05, 4.69) is 0 Å².